The summed E-state index contributed by atoms with van der Waals surface area (Å²) in [7, 11) is 0. The highest BCUT2D eigenvalue weighted by atomic mass is 35.5. The minimum atomic E-state index is -0.350. The highest BCUT2D eigenvalue weighted by Crippen LogP contribution is 2.10. The molecule has 1 fully saturated rings. The summed E-state index contributed by atoms with van der Waals surface area (Å²) in [6.07, 6.45) is 0.897. The Morgan fingerprint density at radius 3 is 2.30 bits per heavy atom. The number of ether oxygens (including phenoxy) is 1. The molecule has 1 aliphatic heterocycles. The Labute approximate surface area is 142 Å². The summed E-state index contributed by atoms with van der Waals surface area (Å²) in [4.78, 5) is 27.4. The van der Waals surface area contributed by atoms with E-state index in [0.717, 1.165) is 6.42 Å². The van der Waals surface area contributed by atoms with Crippen LogP contribution in [0.5, 0.6) is 0 Å². The number of halogens is 1. The van der Waals surface area contributed by atoms with Crippen LogP contribution in [0.15, 0.2) is 24.3 Å². The van der Waals surface area contributed by atoms with Gasteiger partial charge in [-0.15, -0.1) is 11.6 Å². The molecule has 0 aliphatic carbocycles. The third-order valence-electron chi connectivity index (χ3n) is 3.94. The van der Waals surface area contributed by atoms with Gasteiger partial charge >= 0.3 is 6.09 Å². The van der Waals surface area contributed by atoms with Crippen molar-refractivity contribution in [3.05, 3.63) is 35.4 Å². The lowest BCUT2D eigenvalue weighted by Gasteiger charge is -2.34. The Kier molecular flexibility index (Phi) is 6.71. The standard InChI is InChI=1S/C17H23ClN2O3/c1-14-2-4-15(5-3-14)6-7-16(21)19-9-11-20(12-10-19)17(22)23-13-8-18/h2-5H,6-13H2,1H3. The molecular formula is C17H23ClN2O3. The summed E-state index contributed by atoms with van der Waals surface area (Å²) in [5.41, 5.74) is 2.39. The molecule has 1 aliphatic rings. The van der Waals surface area contributed by atoms with Gasteiger partial charge < -0.3 is 14.5 Å². The molecule has 126 valence electrons. The van der Waals surface area contributed by atoms with E-state index < -0.39 is 0 Å². The molecule has 1 aromatic rings. The zero-order chi connectivity index (χ0) is 16.7. The van der Waals surface area contributed by atoms with Crippen molar-refractivity contribution >= 4 is 23.6 Å². The van der Waals surface area contributed by atoms with Crippen LogP contribution in [0.1, 0.15) is 17.5 Å². The number of nitrogens with zero attached hydrogens (tertiary/aromatic N) is 2. The fourth-order valence-electron chi connectivity index (χ4n) is 2.52. The molecule has 0 spiro atoms. The lowest BCUT2D eigenvalue weighted by molar-refractivity contribution is -0.132. The third kappa shape index (κ3) is 5.43. The van der Waals surface area contributed by atoms with Gasteiger partial charge in [0.15, 0.2) is 0 Å². The largest absolute Gasteiger partial charge is 0.448 e. The van der Waals surface area contributed by atoms with Gasteiger partial charge in [0.25, 0.3) is 0 Å². The van der Waals surface area contributed by atoms with Gasteiger partial charge in [0.1, 0.15) is 6.61 Å². The van der Waals surface area contributed by atoms with E-state index in [1.165, 1.54) is 11.1 Å². The summed E-state index contributed by atoms with van der Waals surface area (Å²) in [6, 6.07) is 8.25. The smallest absolute Gasteiger partial charge is 0.409 e. The first-order valence-electron chi connectivity index (χ1n) is 7.91. The number of rotatable bonds is 5. The average Bonchev–Trinajstić information content (AvgIpc) is 2.59. The van der Waals surface area contributed by atoms with E-state index in [4.69, 9.17) is 16.3 Å². The molecule has 0 unspecified atom stereocenters. The van der Waals surface area contributed by atoms with Crippen molar-refractivity contribution in [3.8, 4) is 0 Å². The summed E-state index contributed by atoms with van der Waals surface area (Å²) in [5.74, 6) is 0.433. The molecule has 2 rings (SSSR count). The third-order valence-corrected chi connectivity index (χ3v) is 4.10. The molecule has 0 bridgehead atoms. The van der Waals surface area contributed by atoms with Gasteiger partial charge in [0.05, 0.1) is 5.88 Å². The quantitative estimate of drug-likeness (QED) is 0.775. The van der Waals surface area contributed by atoms with Crippen molar-refractivity contribution < 1.29 is 14.3 Å². The Morgan fingerprint density at radius 2 is 1.70 bits per heavy atom. The molecule has 23 heavy (non-hydrogen) atoms. The first kappa shape index (κ1) is 17.6. The van der Waals surface area contributed by atoms with Crippen LogP contribution in [0.2, 0.25) is 0 Å². The van der Waals surface area contributed by atoms with Gasteiger partial charge in [-0.2, -0.15) is 0 Å². The van der Waals surface area contributed by atoms with Crippen molar-refractivity contribution in [1.29, 1.82) is 0 Å². The lowest BCUT2D eigenvalue weighted by Crippen LogP contribution is -2.50. The van der Waals surface area contributed by atoms with Gasteiger partial charge in [-0.05, 0) is 18.9 Å². The van der Waals surface area contributed by atoms with Gasteiger partial charge in [0, 0.05) is 32.6 Å². The zero-order valence-corrected chi connectivity index (χ0v) is 14.2. The first-order valence-corrected chi connectivity index (χ1v) is 8.44. The summed E-state index contributed by atoms with van der Waals surface area (Å²) < 4.78 is 4.99. The van der Waals surface area contributed by atoms with E-state index in [0.29, 0.717) is 38.5 Å². The number of carbonyl (C=O) groups excluding carboxylic acids is 2. The van der Waals surface area contributed by atoms with Gasteiger partial charge in [-0.25, -0.2) is 4.79 Å². The molecule has 5 nitrogen and oxygen atoms in total. The maximum Gasteiger partial charge on any atom is 0.409 e. The van der Waals surface area contributed by atoms with E-state index in [9.17, 15) is 9.59 Å². The number of benzene rings is 1. The number of aryl methyl sites for hydroxylation is 2. The van der Waals surface area contributed by atoms with E-state index in [1.54, 1.807) is 4.90 Å². The van der Waals surface area contributed by atoms with Crippen molar-refractivity contribution in [2.45, 2.75) is 19.8 Å². The molecule has 6 heteroatoms. The highest BCUT2D eigenvalue weighted by molar-refractivity contribution is 6.18. The lowest BCUT2D eigenvalue weighted by atomic mass is 10.1. The molecule has 1 saturated heterocycles. The predicted molar refractivity (Wildman–Crippen MR) is 89.7 cm³/mol. The SMILES string of the molecule is Cc1ccc(CCC(=O)N2CCN(C(=O)OCCCl)CC2)cc1. The van der Waals surface area contributed by atoms with Gasteiger partial charge in [-0.1, -0.05) is 29.8 Å². The van der Waals surface area contributed by atoms with Crippen molar-refractivity contribution in [2.24, 2.45) is 0 Å². The van der Waals surface area contributed by atoms with Crippen LogP contribution in [-0.2, 0) is 16.0 Å². The summed E-state index contributed by atoms with van der Waals surface area (Å²) in [6.45, 7) is 4.41. The van der Waals surface area contributed by atoms with Crippen LogP contribution in [0.4, 0.5) is 4.79 Å². The Hall–Kier alpha value is -1.75. The molecule has 0 radical (unpaired) electrons. The van der Waals surface area contributed by atoms with Crippen LogP contribution in [0.25, 0.3) is 0 Å². The molecule has 2 amide bonds. The van der Waals surface area contributed by atoms with Crippen LogP contribution < -0.4 is 0 Å². The first-order chi connectivity index (χ1) is 11.1. The Morgan fingerprint density at radius 1 is 1.09 bits per heavy atom. The van der Waals surface area contributed by atoms with E-state index in [-0.39, 0.29) is 18.6 Å². The Balaban J connectivity index is 1.73. The number of piperazine rings is 1. The van der Waals surface area contributed by atoms with E-state index in [2.05, 4.69) is 24.3 Å². The molecule has 0 atom stereocenters. The zero-order valence-electron chi connectivity index (χ0n) is 13.5. The second-order valence-corrected chi connectivity index (χ2v) is 6.03. The maximum absolute atomic E-state index is 12.3. The van der Waals surface area contributed by atoms with Gasteiger partial charge in [0.2, 0.25) is 5.91 Å². The van der Waals surface area contributed by atoms with Gasteiger partial charge in [-0.3, -0.25) is 4.79 Å². The number of carbonyl (C=O) groups is 2. The molecule has 0 aromatic heterocycles. The second kappa shape index (κ2) is 8.77. The van der Waals surface area contributed by atoms with E-state index >= 15 is 0 Å². The summed E-state index contributed by atoms with van der Waals surface area (Å²) in [5, 5.41) is 0. The number of amides is 2. The van der Waals surface area contributed by atoms with Crippen molar-refractivity contribution in [1.82, 2.24) is 9.80 Å². The number of alkyl halides is 1. The van der Waals surface area contributed by atoms with Crippen LogP contribution in [-0.4, -0.2) is 60.5 Å². The number of hydrogen-bond donors (Lipinski definition) is 0. The molecular weight excluding hydrogens is 316 g/mol. The minimum absolute atomic E-state index is 0.138. The normalized spacial score (nSPS) is 14.7. The second-order valence-electron chi connectivity index (χ2n) is 5.66. The monoisotopic (exact) mass is 338 g/mol. The molecule has 1 heterocycles. The van der Waals surface area contributed by atoms with Crippen molar-refractivity contribution in [2.75, 3.05) is 38.7 Å². The molecule has 0 saturated carbocycles. The van der Waals surface area contributed by atoms with Crippen LogP contribution in [0.3, 0.4) is 0 Å². The van der Waals surface area contributed by atoms with Crippen molar-refractivity contribution in [3.63, 3.8) is 0 Å². The fourth-order valence-corrected chi connectivity index (χ4v) is 2.60. The minimum Gasteiger partial charge on any atom is -0.448 e. The molecule has 1 aromatic carbocycles. The topological polar surface area (TPSA) is 49.9 Å². The highest BCUT2D eigenvalue weighted by Gasteiger charge is 2.24. The van der Waals surface area contributed by atoms with E-state index in [1.807, 2.05) is 11.8 Å². The predicted octanol–water partition coefficient (Wildman–Crippen LogP) is 2.45. The number of hydrogen-bond acceptors (Lipinski definition) is 3. The fraction of sp³-hybridized carbons (Fsp3) is 0.529. The molecule has 0 N–H and O–H groups in total. The van der Waals surface area contributed by atoms with Crippen LogP contribution in [0, 0.1) is 6.92 Å². The average molecular weight is 339 g/mol. The summed E-state index contributed by atoms with van der Waals surface area (Å²) >= 11 is 5.49. The van der Waals surface area contributed by atoms with Crippen LogP contribution >= 0.6 is 11.6 Å². The maximum atomic E-state index is 12.3. The Bertz CT molecular complexity index is 525.